The maximum absolute atomic E-state index is 4.39. The Bertz CT molecular complexity index is 344. The van der Waals surface area contributed by atoms with Gasteiger partial charge in [0.1, 0.15) is 17.5 Å². The van der Waals surface area contributed by atoms with Crippen molar-refractivity contribution in [3.05, 3.63) is 11.9 Å². The van der Waals surface area contributed by atoms with Crippen LogP contribution in [0.4, 0.5) is 11.6 Å². The molecule has 0 spiro atoms. The van der Waals surface area contributed by atoms with Crippen LogP contribution in [-0.4, -0.2) is 35.1 Å². The van der Waals surface area contributed by atoms with Crippen molar-refractivity contribution in [2.24, 2.45) is 0 Å². The Kier molecular flexibility index (Phi) is 7.57. The lowest BCUT2D eigenvalue weighted by atomic mass is 10.3. The van der Waals surface area contributed by atoms with Gasteiger partial charge in [-0.25, -0.2) is 9.97 Å². The van der Waals surface area contributed by atoms with E-state index in [-0.39, 0.29) is 0 Å². The summed E-state index contributed by atoms with van der Waals surface area (Å²) >= 11 is 1.90. The molecule has 0 aliphatic rings. The normalized spacial score (nSPS) is 10.4. The predicted octanol–water partition coefficient (Wildman–Crippen LogP) is 3.16. The Hall–Kier alpha value is -0.970. The molecular formula is C13H24N4S. The van der Waals surface area contributed by atoms with E-state index in [0.29, 0.717) is 0 Å². The van der Waals surface area contributed by atoms with Gasteiger partial charge in [0.25, 0.3) is 0 Å². The minimum atomic E-state index is 0.808. The van der Waals surface area contributed by atoms with Gasteiger partial charge >= 0.3 is 0 Å². The van der Waals surface area contributed by atoms with E-state index in [1.54, 1.807) is 0 Å². The van der Waals surface area contributed by atoms with E-state index < -0.39 is 0 Å². The molecule has 1 heterocycles. The fourth-order valence-electron chi connectivity index (χ4n) is 1.59. The third-order valence-corrected chi connectivity index (χ3v) is 3.17. The fraction of sp³-hybridized carbons (Fsp3) is 0.692. The molecule has 0 fully saturated rings. The molecule has 0 aromatic carbocycles. The Morgan fingerprint density at radius 2 is 1.78 bits per heavy atom. The minimum absolute atomic E-state index is 0.808. The molecule has 0 atom stereocenters. The number of thioether (sulfide) groups is 1. The second-order valence-corrected chi connectivity index (χ2v) is 5.22. The van der Waals surface area contributed by atoms with Crippen LogP contribution in [0.2, 0.25) is 0 Å². The number of rotatable bonds is 9. The average molecular weight is 268 g/mol. The van der Waals surface area contributed by atoms with Gasteiger partial charge in [-0.2, -0.15) is 11.8 Å². The molecule has 0 bridgehead atoms. The van der Waals surface area contributed by atoms with Gasteiger partial charge < -0.3 is 10.6 Å². The Morgan fingerprint density at radius 3 is 2.39 bits per heavy atom. The van der Waals surface area contributed by atoms with Crippen LogP contribution in [-0.2, 0) is 0 Å². The summed E-state index contributed by atoms with van der Waals surface area (Å²) in [5, 5.41) is 6.65. The lowest BCUT2D eigenvalue weighted by molar-refractivity contribution is 0.837. The fourth-order valence-corrected chi connectivity index (χ4v) is 2.08. The lowest BCUT2D eigenvalue weighted by Gasteiger charge is -2.09. The molecule has 0 aliphatic heterocycles. The van der Waals surface area contributed by atoms with E-state index in [4.69, 9.17) is 0 Å². The van der Waals surface area contributed by atoms with E-state index in [0.717, 1.165) is 37.0 Å². The molecule has 0 amide bonds. The first-order chi connectivity index (χ1) is 8.76. The predicted molar refractivity (Wildman–Crippen MR) is 81.7 cm³/mol. The van der Waals surface area contributed by atoms with Crippen molar-refractivity contribution in [1.82, 2.24) is 9.97 Å². The van der Waals surface area contributed by atoms with Crippen LogP contribution in [0.3, 0.4) is 0 Å². The molecule has 0 aliphatic carbocycles. The van der Waals surface area contributed by atoms with Crippen LogP contribution in [0, 0.1) is 6.92 Å². The van der Waals surface area contributed by atoms with E-state index >= 15 is 0 Å². The number of hydrogen-bond acceptors (Lipinski definition) is 5. The number of aromatic nitrogens is 2. The monoisotopic (exact) mass is 268 g/mol. The van der Waals surface area contributed by atoms with E-state index in [2.05, 4.69) is 33.8 Å². The van der Waals surface area contributed by atoms with Gasteiger partial charge in [0.05, 0.1) is 0 Å². The molecule has 1 aromatic heterocycles. The second-order valence-electron chi connectivity index (χ2n) is 4.24. The zero-order chi connectivity index (χ0) is 13.2. The summed E-state index contributed by atoms with van der Waals surface area (Å²) in [4.78, 5) is 8.76. The van der Waals surface area contributed by atoms with Crippen LogP contribution in [0.25, 0.3) is 0 Å². The van der Waals surface area contributed by atoms with Crippen molar-refractivity contribution < 1.29 is 0 Å². The van der Waals surface area contributed by atoms with Crippen LogP contribution in [0.15, 0.2) is 6.07 Å². The van der Waals surface area contributed by atoms with Crippen LogP contribution in [0.1, 0.15) is 32.0 Å². The summed E-state index contributed by atoms with van der Waals surface area (Å²) in [6, 6.07) is 1.98. The van der Waals surface area contributed by atoms with Crippen LogP contribution < -0.4 is 10.6 Å². The SMILES string of the molecule is CCCNc1cc(NCCCCSC)nc(C)n1. The molecule has 5 heteroatoms. The largest absolute Gasteiger partial charge is 0.370 e. The molecule has 2 N–H and O–H groups in total. The Balaban J connectivity index is 2.41. The summed E-state index contributed by atoms with van der Waals surface area (Å²) in [5.74, 6) is 3.87. The first-order valence-corrected chi connectivity index (χ1v) is 7.98. The number of hydrogen-bond donors (Lipinski definition) is 2. The summed E-state index contributed by atoms with van der Waals surface area (Å²) in [5.41, 5.74) is 0. The van der Waals surface area contributed by atoms with Gasteiger partial charge in [0, 0.05) is 19.2 Å². The van der Waals surface area contributed by atoms with Crippen molar-refractivity contribution in [3.8, 4) is 0 Å². The van der Waals surface area contributed by atoms with Gasteiger partial charge in [-0.3, -0.25) is 0 Å². The van der Waals surface area contributed by atoms with Gasteiger partial charge in [-0.05, 0) is 38.2 Å². The molecule has 0 saturated heterocycles. The molecular weight excluding hydrogens is 244 g/mol. The molecule has 0 saturated carbocycles. The average Bonchev–Trinajstić information content (AvgIpc) is 2.35. The Labute approximate surface area is 114 Å². The summed E-state index contributed by atoms with van der Waals surface area (Å²) < 4.78 is 0. The number of nitrogens with zero attached hydrogens (tertiary/aromatic N) is 2. The zero-order valence-corrected chi connectivity index (χ0v) is 12.4. The molecule has 1 rings (SSSR count). The van der Waals surface area contributed by atoms with Crippen molar-refractivity contribution in [3.63, 3.8) is 0 Å². The van der Waals surface area contributed by atoms with E-state index in [1.807, 2.05) is 24.8 Å². The quantitative estimate of drug-likeness (QED) is 0.674. The summed E-state index contributed by atoms with van der Waals surface area (Å²) in [7, 11) is 0. The van der Waals surface area contributed by atoms with Crippen molar-refractivity contribution >= 4 is 23.4 Å². The Morgan fingerprint density at radius 1 is 1.11 bits per heavy atom. The number of unbranched alkanes of at least 4 members (excludes halogenated alkanes) is 1. The topological polar surface area (TPSA) is 49.8 Å². The lowest BCUT2D eigenvalue weighted by Crippen LogP contribution is -2.08. The highest BCUT2D eigenvalue weighted by atomic mass is 32.2. The highest BCUT2D eigenvalue weighted by Gasteiger charge is 2.00. The zero-order valence-electron chi connectivity index (χ0n) is 11.6. The maximum atomic E-state index is 4.39. The van der Waals surface area contributed by atoms with Crippen LogP contribution in [0.5, 0.6) is 0 Å². The van der Waals surface area contributed by atoms with Gasteiger partial charge in [-0.1, -0.05) is 6.92 Å². The van der Waals surface area contributed by atoms with Crippen molar-refractivity contribution in [1.29, 1.82) is 0 Å². The molecule has 1 aromatic rings. The first-order valence-electron chi connectivity index (χ1n) is 6.58. The molecule has 4 nitrogen and oxygen atoms in total. The number of aryl methyl sites for hydroxylation is 1. The summed E-state index contributed by atoms with van der Waals surface area (Å²) in [6.07, 6.45) is 5.67. The minimum Gasteiger partial charge on any atom is -0.370 e. The molecule has 0 unspecified atom stereocenters. The van der Waals surface area contributed by atoms with Crippen LogP contribution >= 0.6 is 11.8 Å². The van der Waals surface area contributed by atoms with Gasteiger partial charge in [-0.15, -0.1) is 0 Å². The standard InChI is InChI=1S/C13H24N4S/c1-4-7-14-12-10-13(17-11(2)16-12)15-8-5-6-9-18-3/h10H,4-9H2,1-3H3,(H2,14,15,16,17). The van der Waals surface area contributed by atoms with Crippen molar-refractivity contribution in [2.45, 2.75) is 33.1 Å². The van der Waals surface area contributed by atoms with Gasteiger partial charge in [0.2, 0.25) is 0 Å². The van der Waals surface area contributed by atoms with Crippen molar-refractivity contribution in [2.75, 3.05) is 35.7 Å². The third kappa shape index (κ3) is 6.10. The molecule has 0 radical (unpaired) electrons. The second kappa shape index (κ2) is 9.03. The molecule has 18 heavy (non-hydrogen) atoms. The smallest absolute Gasteiger partial charge is 0.131 e. The number of anilines is 2. The third-order valence-electron chi connectivity index (χ3n) is 2.48. The maximum Gasteiger partial charge on any atom is 0.131 e. The van der Waals surface area contributed by atoms with Gasteiger partial charge in [0.15, 0.2) is 0 Å². The highest BCUT2D eigenvalue weighted by Crippen LogP contribution is 2.11. The van der Waals surface area contributed by atoms with E-state index in [1.165, 1.54) is 18.6 Å². The van der Waals surface area contributed by atoms with E-state index in [9.17, 15) is 0 Å². The summed E-state index contributed by atoms with van der Waals surface area (Å²) in [6.45, 7) is 6.00. The molecule has 102 valence electrons. The number of nitrogens with one attached hydrogen (secondary N) is 2. The first kappa shape index (κ1) is 15.1. The highest BCUT2D eigenvalue weighted by molar-refractivity contribution is 7.98.